The molecule has 1 fully saturated rings. The Hall–Kier alpha value is -2.97. The Morgan fingerprint density at radius 1 is 1.11 bits per heavy atom. The molecule has 1 N–H and O–H groups in total. The molecule has 188 valence electrons. The number of likely N-dealkylation sites (tertiary alicyclic amines) is 1. The summed E-state index contributed by atoms with van der Waals surface area (Å²) in [7, 11) is 3.93. The average Bonchev–Trinajstić information content (AvgIpc) is 2.85. The lowest BCUT2D eigenvalue weighted by molar-refractivity contribution is -0.134. The summed E-state index contributed by atoms with van der Waals surface area (Å²) in [6.07, 6.45) is 1.86. The highest BCUT2D eigenvalue weighted by atomic mass is 35.5. The van der Waals surface area contributed by atoms with Crippen molar-refractivity contribution in [2.24, 2.45) is 5.92 Å². The van der Waals surface area contributed by atoms with Crippen molar-refractivity contribution < 1.29 is 23.5 Å². The van der Waals surface area contributed by atoms with Crippen molar-refractivity contribution in [3.63, 3.8) is 0 Å². The minimum atomic E-state index is -0.382. The van der Waals surface area contributed by atoms with E-state index in [1.54, 1.807) is 17.0 Å². The number of ketones is 1. The second-order valence-electron chi connectivity index (χ2n) is 8.87. The lowest BCUT2D eigenvalue weighted by atomic mass is 9.89. The first-order valence-corrected chi connectivity index (χ1v) is 12.0. The Morgan fingerprint density at radius 2 is 1.80 bits per heavy atom. The summed E-state index contributed by atoms with van der Waals surface area (Å²) in [5.74, 6) is -0.860. The van der Waals surface area contributed by atoms with Crippen molar-refractivity contribution >= 4 is 29.2 Å². The average molecular weight is 504 g/mol. The molecule has 0 spiro atoms. The molecule has 1 saturated heterocycles. The zero-order chi connectivity index (χ0) is 25.4. The fraction of sp³-hybridized carbons (Fsp3) is 0.423. The van der Waals surface area contributed by atoms with Crippen LogP contribution in [0.25, 0.3) is 0 Å². The highest BCUT2D eigenvalue weighted by molar-refractivity contribution is 6.31. The number of ether oxygens (including phenoxy) is 1. The molecule has 0 radical (unpaired) electrons. The van der Waals surface area contributed by atoms with Crippen LogP contribution in [0.2, 0.25) is 5.02 Å². The molecule has 0 atom stereocenters. The monoisotopic (exact) mass is 503 g/mol. The number of nitrogens with one attached hydrogen (secondary N) is 1. The van der Waals surface area contributed by atoms with E-state index in [-0.39, 0.29) is 47.3 Å². The highest BCUT2D eigenvalue weighted by Crippen LogP contribution is 2.25. The van der Waals surface area contributed by atoms with Gasteiger partial charge in [-0.15, -0.1) is 0 Å². The van der Waals surface area contributed by atoms with E-state index in [1.807, 2.05) is 19.0 Å². The van der Waals surface area contributed by atoms with Crippen LogP contribution in [-0.4, -0.2) is 74.3 Å². The number of Topliss-reactive ketones (excluding diaryl/α,β-unsaturated/α-hetero) is 1. The molecule has 35 heavy (non-hydrogen) atoms. The standard InChI is InChI=1S/C26H31ClFN3O4/c1-30(2)13-3-12-29-26(34)22-16-20(27)6-9-23(22)35-17-24(32)31-14-10-19(11-15-31)25(33)18-4-7-21(28)8-5-18/h4-9,16,19H,3,10-15,17H2,1-2H3,(H,29,34). The molecule has 0 bridgehead atoms. The smallest absolute Gasteiger partial charge is 0.260 e. The lowest BCUT2D eigenvalue weighted by Crippen LogP contribution is -2.42. The van der Waals surface area contributed by atoms with Gasteiger partial charge in [-0.25, -0.2) is 4.39 Å². The van der Waals surface area contributed by atoms with Gasteiger partial charge in [0.05, 0.1) is 5.56 Å². The summed E-state index contributed by atoms with van der Waals surface area (Å²) in [6.45, 7) is 1.99. The van der Waals surface area contributed by atoms with Gasteiger partial charge in [-0.05, 0) is 82.4 Å². The van der Waals surface area contributed by atoms with Crippen LogP contribution in [0.4, 0.5) is 4.39 Å². The van der Waals surface area contributed by atoms with Gasteiger partial charge in [0.25, 0.3) is 11.8 Å². The molecule has 1 heterocycles. The number of rotatable bonds is 10. The first-order valence-electron chi connectivity index (χ1n) is 11.7. The van der Waals surface area contributed by atoms with Gasteiger partial charge >= 0.3 is 0 Å². The molecule has 2 amide bonds. The zero-order valence-corrected chi connectivity index (χ0v) is 20.8. The van der Waals surface area contributed by atoms with Gasteiger partial charge in [0.2, 0.25) is 0 Å². The van der Waals surface area contributed by atoms with E-state index < -0.39 is 0 Å². The van der Waals surface area contributed by atoms with Crippen LogP contribution in [0.5, 0.6) is 5.75 Å². The number of nitrogens with zero attached hydrogens (tertiary/aromatic N) is 2. The number of carbonyl (C=O) groups is 3. The topological polar surface area (TPSA) is 79.0 Å². The number of carbonyl (C=O) groups excluding carboxylic acids is 3. The quantitative estimate of drug-likeness (QED) is 0.395. The molecule has 2 aromatic rings. The third-order valence-corrected chi connectivity index (χ3v) is 6.19. The van der Waals surface area contributed by atoms with Crippen LogP contribution < -0.4 is 10.1 Å². The van der Waals surface area contributed by atoms with Gasteiger partial charge < -0.3 is 19.9 Å². The number of hydrogen-bond acceptors (Lipinski definition) is 5. The fourth-order valence-corrected chi connectivity index (χ4v) is 4.14. The molecule has 1 aliphatic rings. The molecule has 7 nitrogen and oxygen atoms in total. The van der Waals surface area contributed by atoms with Crippen LogP contribution in [-0.2, 0) is 4.79 Å². The maximum absolute atomic E-state index is 13.1. The van der Waals surface area contributed by atoms with Crippen LogP contribution in [0, 0.1) is 11.7 Å². The van der Waals surface area contributed by atoms with E-state index >= 15 is 0 Å². The molecule has 1 aliphatic heterocycles. The van der Waals surface area contributed by atoms with Crippen LogP contribution in [0.15, 0.2) is 42.5 Å². The third kappa shape index (κ3) is 7.77. The Morgan fingerprint density at radius 3 is 2.46 bits per heavy atom. The van der Waals surface area contributed by atoms with Crippen molar-refractivity contribution in [2.75, 3.05) is 46.9 Å². The largest absolute Gasteiger partial charge is 0.483 e. The maximum atomic E-state index is 13.1. The maximum Gasteiger partial charge on any atom is 0.260 e. The van der Waals surface area contributed by atoms with Crippen LogP contribution in [0.3, 0.4) is 0 Å². The molecular weight excluding hydrogens is 473 g/mol. The molecule has 0 saturated carbocycles. The fourth-order valence-electron chi connectivity index (χ4n) is 3.97. The van der Waals surface area contributed by atoms with Crippen molar-refractivity contribution in [1.82, 2.24) is 15.1 Å². The molecule has 9 heteroatoms. The molecule has 3 rings (SSSR count). The number of halogens is 2. The number of amides is 2. The lowest BCUT2D eigenvalue weighted by Gasteiger charge is -2.31. The normalized spacial score (nSPS) is 14.1. The molecule has 2 aromatic carbocycles. The summed E-state index contributed by atoms with van der Waals surface area (Å²) < 4.78 is 18.8. The van der Waals surface area contributed by atoms with Gasteiger partial charge in [-0.2, -0.15) is 0 Å². The van der Waals surface area contributed by atoms with Crippen LogP contribution in [0.1, 0.15) is 40.0 Å². The molecule has 0 aliphatic carbocycles. The first-order chi connectivity index (χ1) is 16.7. The summed E-state index contributed by atoms with van der Waals surface area (Å²) in [5.41, 5.74) is 0.758. The third-order valence-electron chi connectivity index (χ3n) is 5.95. The number of hydrogen-bond donors (Lipinski definition) is 1. The molecule has 0 unspecified atom stereocenters. The summed E-state index contributed by atoms with van der Waals surface area (Å²) in [6, 6.07) is 10.2. The number of piperidine rings is 1. The summed E-state index contributed by atoms with van der Waals surface area (Å²) in [4.78, 5) is 41.7. The van der Waals surface area contributed by atoms with Crippen molar-refractivity contribution in [3.05, 3.63) is 64.4 Å². The Kier molecular flexibility index (Phi) is 9.63. The van der Waals surface area contributed by atoms with E-state index in [9.17, 15) is 18.8 Å². The van der Waals surface area contributed by atoms with Gasteiger partial charge in [0.15, 0.2) is 12.4 Å². The van der Waals surface area contributed by atoms with Gasteiger partial charge in [0.1, 0.15) is 11.6 Å². The van der Waals surface area contributed by atoms with Gasteiger partial charge in [-0.1, -0.05) is 11.6 Å². The number of benzene rings is 2. The second-order valence-corrected chi connectivity index (χ2v) is 9.30. The van der Waals surface area contributed by atoms with E-state index in [4.69, 9.17) is 16.3 Å². The second kappa shape index (κ2) is 12.7. The van der Waals surface area contributed by atoms with Gasteiger partial charge in [0, 0.05) is 36.1 Å². The van der Waals surface area contributed by atoms with Crippen molar-refractivity contribution in [3.8, 4) is 5.75 Å². The minimum Gasteiger partial charge on any atom is -0.483 e. The SMILES string of the molecule is CN(C)CCCNC(=O)c1cc(Cl)ccc1OCC(=O)N1CCC(C(=O)c2ccc(F)cc2)CC1. The minimum absolute atomic E-state index is 0.0317. The highest BCUT2D eigenvalue weighted by Gasteiger charge is 2.28. The van der Waals surface area contributed by atoms with Gasteiger partial charge in [-0.3, -0.25) is 14.4 Å². The van der Waals surface area contributed by atoms with Crippen molar-refractivity contribution in [2.45, 2.75) is 19.3 Å². The molecule has 0 aromatic heterocycles. The van der Waals surface area contributed by atoms with E-state index in [0.717, 1.165) is 13.0 Å². The summed E-state index contributed by atoms with van der Waals surface area (Å²) >= 11 is 6.08. The Bertz CT molecular complexity index is 1040. The summed E-state index contributed by atoms with van der Waals surface area (Å²) in [5, 5.41) is 3.25. The molecular formula is C26H31ClFN3O4. The zero-order valence-electron chi connectivity index (χ0n) is 20.1. The Labute approximate surface area is 210 Å². The first kappa shape index (κ1) is 26.6. The predicted octanol–water partition coefficient (Wildman–Crippen LogP) is 3.66. The van der Waals surface area contributed by atoms with Crippen molar-refractivity contribution in [1.29, 1.82) is 0 Å². The van der Waals surface area contributed by atoms with E-state index in [2.05, 4.69) is 5.32 Å². The van der Waals surface area contributed by atoms with Crippen LogP contribution >= 0.6 is 11.6 Å². The van der Waals surface area contributed by atoms with E-state index in [0.29, 0.717) is 43.1 Å². The Balaban J connectivity index is 1.51. The predicted molar refractivity (Wildman–Crippen MR) is 132 cm³/mol. The van der Waals surface area contributed by atoms with E-state index in [1.165, 1.54) is 30.3 Å².